The standard InChI is InChI=1S/C14H19N3O3S/c1-2-17-10-14(9-13(17)11-18)21(19,20)16-8-5-12-3-6-15-7-4-12/h3-4,6-7,9-10,16,18H,2,5,8,11H2,1H3. The quantitative estimate of drug-likeness (QED) is 0.796. The summed E-state index contributed by atoms with van der Waals surface area (Å²) in [5, 5.41) is 9.21. The van der Waals surface area contributed by atoms with Gasteiger partial charge in [0.1, 0.15) is 0 Å². The number of nitrogens with one attached hydrogen (secondary N) is 1. The van der Waals surface area contributed by atoms with Crippen LogP contribution < -0.4 is 4.72 Å². The van der Waals surface area contributed by atoms with Crippen molar-refractivity contribution in [3.05, 3.63) is 48.0 Å². The van der Waals surface area contributed by atoms with Gasteiger partial charge in [-0.05, 0) is 37.1 Å². The van der Waals surface area contributed by atoms with Gasteiger partial charge in [0.2, 0.25) is 10.0 Å². The highest BCUT2D eigenvalue weighted by Gasteiger charge is 2.17. The molecule has 2 aromatic heterocycles. The van der Waals surface area contributed by atoms with Crippen LogP contribution in [0.3, 0.4) is 0 Å². The molecule has 0 atom stereocenters. The predicted octanol–water partition coefficient (Wildman–Crippen LogP) is 0.916. The number of sulfonamides is 1. The molecule has 21 heavy (non-hydrogen) atoms. The molecular formula is C14H19N3O3S. The molecule has 2 heterocycles. The third-order valence-corrected chi connectivity index (χ3v) is 4.66. The predicted molar refractivity (Wildman–Crippen MR) is 79.2 cm³/mol. The van der Waals surface area contributed by atoms with Crippen LogP contribution in [-0.2, 0) is 29.6 Å². The summed E-state index contributed by atoms with van der Waals surface area (Å²) in [7, 11) is -3.55. The van der Waals surface area contributed by atoms with Crippen molar-refractivity contribution in [2.45, 2.75) is 31.4 Å². The Balaban J connectivity index is 2.03. The van der Waals surface area contributed by atoms with E-state index in [1.165, 1.54) is 6.07 Å². The van der Waals surface area contributed by atoms with Crippen molar-refractivity contribution < 1.29 is 13.5 Å². The third kappa shape index (κ3) is 3.90. The second-order valence-corrected chi connectivity index (χ2v) is 6.38. The number of hydrogen-bond donors (Lipinski definition) is 2. The maximum absolute atomic E-state index is 12.2. The Bertz CT molecular complexity index is 659. The molecule has 2 N–H and O–H groups in total. The van der Waals surface area contributed by atoms with Crippen molar-refractivity contribution in [2.75, 3.05) is 6.54 Å². The second-order valence-electron chi connectivity index (χ2n) is 4.61. The lowest BCUT2D eigenvalue weighted by Gasteiger charge is -2.05. The van der Waals surface area contributed by atoms with Crippen molar-refractivity contribution in [2.24, 2.45) is 0 Å². The van der Waals surface area contributed by atoms with Crippen LogP contribution in [-0.4, -0.2) is 29.6 Å². The molecule has 7 heteroatoms. The summed E-state index contributed by atoms with van der Waals surface area (Å²) in [5.74, 6) is 0. The van der Waals surface area contributed by atoms with Gasteiger partial charge in [0.25, 0.3) is 0 Å². The van der Waals surface area contributed by atoms with Crippen LogP contribution in [0.2, 0.25) is 0 Å². The van der Waals surface area contributed by atoms with Crippen LogP contribution in [0, 0.1) is 0 Å². The number of pyridine rings is 1. The van der Waals surface area contributed by atoms with Gasteiger partial charge in [-0.1, -0.05) is 0 Å². The number of rotatable bonds is 7. The van der Waals surface area contributed by atoms with Gasteiger partial charge in [0.05, 0.1) is 11.5 Å². The van der Waals surface area contributed by atoms with Crippen LogP contribution in [0.4, 0.5) is 0 Å². The summed E-state index contributed by atoms with van der Waals surface area (Å²) >= 11 is 0. The number of aryl methyl sites for hydroxylation is 1. The lowest BCUT2D eigenvalue weighted by atomic mass is 10.2. The molecular weight excluding hydrogens is 290 g/mol. The SMILES string of the molecule is CCn1cc(S(=O)(=O)NCCc2ccncc2)cc1CO. The Labute approximate surface area is 124 Å². The zero-order valence-corrected chi connectivity index (χ0v) is 12.7. The Kier molecular flexibility index (Phi) is 5.11. The van der Waals surface area contributed by atoms with Gasteiger partial charge >= 0.3 is 0 Å². The van der Waals surface area contributed by atoms with Gasteiger partial charge in [-0.15, -0.1) is 0 Å². The molecule has 0 spiro atoms. The first-order valence-electron chi connectivity index (χ1n) is 6.75. The first kappa shape index (κ1) is 15.7. The summed E-state index contributed by atoms with van der Waals surface area (Å²) in [6, 6.07) is 5.20. The van der Waals surface area contributed by atoms with Crippen molar-refractivity contribution in [3.63, 3.8) is 0 Å². The highest BCUT2D eigenvalue weighted by Crippen LogP contribution is 2.14. The molecule has 114 valence electrons. The number of aromatic nitrogens is 2. The summed E-state index contributed by atoms with van der Waals surface area (Å²) in [5.41, 5.74) is 1.61. The molecule has 0 saturated heterocycles. The van der Waals surface area contributed by atoms with Gasteiger partial charge in [-0.3, -0.25) is 4.98 Å². The molecule has 0 unspecified atom stereocenters. The minimum Gasteiger partial charge on any atom is -0.390 e. The first-order chi connectivity index (χ1) is 10.1. The molecule has 6 nitrogen and oxygen atoms in total. The Morgan fingerprint density at radius 1 is 1.33 bits per heavy atom. The topological polar surface area (TPSA) is 84.2 Å². The van der Waals surface area contributed by atoms with Crippen LogP contribution in [0.1, 0.15) is 18.2 Å². The van der Waals surface area contributed by atoms with Crippen LogP contribution >= 0.6 is 0 Å². The maximum Gasteiger partial charge on any atom is 0.242 e. The molecule has 2 aromatic rings. The molecule has 0 radical (unpaired) electrons. The van der Waals surface area contributed by atoms with Crippen molar-refractivity contribution in [3.8, 4) is 0 Å². The smallest absolute Gasteiger partial charge is 0.242 e. The molecule has 0 aromatic carbocycles. The second kappa shape index (κ2) is 6.84. The molecule has 0 aliphatic carbocycles. The fourth-order valence-corrected chi connectivity index (χ4v) is 3.16. The van der Waals surface area contributed by atoms with E-state index in [0.29, 0.717) is 25.2 Å². The van der Waals surface area contributed by atoms with Gasteiger partial charge < -0.3 is 9.67 Å². The molecule has 0 saturated carbocycles. The van der Waals surface area contributed by atoms with Gasteiger partial charge in [-0.2, -0.15) is 0 Å². The van der Waals surface area contributed by atoms with Crippen molar-refractivity contribution >= 4 is 10.0 Å². The van der Waals surface area contributed by atoms with E-state index in [0.717, 1.165) is 5.56 Å². The zero-order valence-electron chi connectivity index (χ0n) is 11.9. The molecule has 0 fully saturated rings. The van der Waals surface area contributed by atoms with Gasteiger partial charge in [0.15, 0.2) is 0 Å². The highest BCUT2D eigenvalue weighted by molar-refractivity contribution is 7.89. The molecule has 0 aliphatic rings. The third-order valence-electron chi connectivity index (χ3n) is 3.23. The summed E-state index contributed by atoms with van der Waals surface area (Å²) in [6.07, 6.45) is 5.50. The van der Waals surface area contributed by atoms with Crippen LogP contribution in [0.15, 0.2) is 41.7 Å². The lowest BCUT2D eigenvalue weighted by Crippen LogP contribution is -2.25. The van der Waals surface area contributed by atoms with Crippen molar-refractivity contribution in [1.29, 1.82) is 0 Å². The number of aliphatic hydroxyl groups excluding tert-OH is 1. The normalized spacial score (nSPS) is 11.7. The average molecular weight is 309 g/mol. The summed E-state index contributed by atoms with van der Waals surface area (Å²) in [6.45, 7) is 2.65. The fraction of sp³-hybridized carbons (Fsp3) is 0.357. The van der Waals surface area contributed by atoms with E-state index in [-0.39, 0.29) is 11.5 Å². The van der Waals surface area contributed by atoms with E-state index < -0.39 is 10.0 Å². The minimum atomic E-state index is -3.55. The number of nitrogens with zero attached hydrogens (tertiary/aromatic N) is 2. The number of hydrogen-bond acceptors (Lipinski definition) is 4. The Morgan fingerprint density at radius 3 is 2.62 bits per heavy atom. The van der Waals surface area contributed by atoms with E-state index in [9.17, 15) is 13.5 Å². The van der Waals surface area contributed by atoms with Crippen LogP contribution in [0.25, 0.3) is 0 Å². The fourth-order valence-electron chi connectivity index (χ4n) is 2.06. The minimum absolute atomic E-state index is 0.180. The number of aliphatic hydroxyl groups is 1. The maximum atomic E-state index is 12.2. The Morgan fingerprint density at radius 2 is 2.05 bits per heavy atom. The first-order valence-corrected chi connectivity index (χ1v) is 8.23. The molecule has 0 aliphatic heterocycles. The van der Waals surface area contributed by atoms with E-state index in [2.05, 4.69) is 9.71 Å². The highest BCUT2D eigenvalue weighted by atomic mass is 32.2. The molecule has 0 amide bonds. The van der Waals surface area contributed by atoms with E-state index >= 15 is 0 Å². The summed E-state index contributed by atoms with van der Waals surface area (Å²) < 4.78 is 28.7. The Hall–Kier alpha value is -1.70. The van der Waals surface area contributed by atoms with E-state index in [4.69, 9.17) is 0 Å². The van der Waals surface area contributed by atoms with E-state index in [1.807, 2.05) is 19.1 Å². The zero-order chi connectivity index (χ0) is 15.3. The van der Waals surface area contributed by atoms with Crippen molar-refractivity contribution in [1.82, 2.24) is 14.3 Å². The lowest BCUT2D eigenvalue weighted by molar-refractivity contribution is 0.271. The van der Waals surface area contributed by atoms with Gasteiger partial charge in [0, 0.05) is 37.4 Å². The largest absolute Gasteiger partial charge is 0.390 e. The summed E-state index contributed by atoms with van der Waals surface area (Å²) in [4.78, 5) is 4.10. The van der Waals surface area contributed by atoms with E-state index in [1.54, 1.807) is 23.2 Å². The average Bonchev–Trinajstić information content (AvgIpc) is 2.92. The molecule has 0 bridgehead atoms. The van der Waals surface area contributed by atoms with Crippen LogP contribution in [0.5, 0.6) is 0 Å². The van der Waals surface area contributed by atoms with Gasteiger partial charge in [-0.25, -0.2) is 13.1 Å². The molecule has 2 rings (SSSR count). The monoisotopic (exact) mass is 309 g/mol.